The van der Waals surface area contributed by atoms with Gasteiger partial charge in [-0.25, -0.2) is 9.36 Å². The molecule has 122 valence electrons. The highest BCUT2D eigenvalue weighted by Crippen LogP contribution is 2.49. The molecule has 0 aliphatic carbocycles. The Balaban J connectivity index is 2.67. The predicted molar refractivity (Wildman–Crippen MR) is 81.1 cm³/mol. The smallest absolute Gasteiger partial charge is 0.404 e. The van der Waals surface area contributed by atoms with Gasteiger partial charge in [-0.1, -0.05) is 5.16 Å². The monoisotopic (exact) mass is 330 g/mol. The van der Waals surface area contributed by atoms with Gasteiger partial charge < -0.3 is 9.84 Å². The van der Waals surface area contributed by atoms with Crippen LogP contribution in [0.25, 0.3) is 0 Å². The number of hydrogen-bond acceptors (Lipinski definition) is 7. The Morgan fingerprint density at radius 2 is 1.82 bits per heavy atom. The molecule has 0 bridgehead atoms. The summed E-state index contributed by atoms with van der Waals surface area (Å²) in [5, 5.41) is 5.75. The van der Waals surface area contributed by atoms with Crippen molar-refractivity contribution in [3.63, 3.8) is 0 Å². The summed E-state index contributed by atoms with van der Waals surface area (Å²) >= 11 is 0. The number of nitrogens with one attached hydrogen (secondary N) is 1. The molecule has 1 N–H and O–H groups in total. The molecule has 0 atom stereocenters. The van der Waals surface area contributed by atoms with Crippen molar-refractivity contribution in [2.75, 3.05) is 20.3 Å². The van der Waals surface area contributed by atoms with Gasteiger partial charge in [0, 0.05) is 7.05 Å². The standard InChI is InChI=1S/C13H19N2O6P/c1-4-18-22(17,19-5-2)21-12-8-6-11(7-9-12)10-15-20-13(16)14-3/h6-10H,4-5H2,1-3H3,(H,14,16)/b15-10+. The van der Waals surface area contributed by atoms with Gasteiger partial charge in [-0.15, -0.1) is 0 Å². The Labute approximate surface area is 129 Å². The van der Waals surface area contributed by atoms with Gasteiger partial charge in [-0.05, 0) is 43.7 Å². The van der Waals surface area contributed by atoms with Gasteiger partial charge in [-0.2, -0.15) is 0 Å². The largest absolute Gasteiger partial charge is 0.530 e. The first-order valence-electron chi connectivity index (χ1n) is 6.64. The molecule has 0 aromatic heterocycles. The number of rotatable bonds is 8. The first kappa shape index (κ1) is 18.2. The number of benzene rings is 1. The number of oxime groups is 1. The third-order valence-electron chi connectivity index (χ3n) is 2.21. The van der Waals surface area contributed by atoms with E-state index < -0.39 is 13.9 Å². The lowest BCUT2D eigenvalue weighted by atomic mass is 10.2. The molecule has 1 aromatic rings. The van der Waals surface area contributed by atoms with Crippen LogP contribution in [0.15, 0.2) is 29.4 Å². The van der Waals surface area contributed by atoms with Crippen LogP contribution in [0.5, 0.6) is 5.75 Å². The van der Waals surface area contributed by atoms with Crippen LogP contribution in [0.1, 0.15) is 19.4 Å². The van der Waals surface area contributed by atoms with E-state index in [0.717, 1.165) is 0 Å². The van der Waals surface area contributed by atoms with Crippen LogP contribution in [0.2, 0.25) is 0 Å². The van der Waals surface area contributed by atoms with Crippen molar-refractivity contribution in [3.8, 4) is 5.75 Å². The summed E-state index contributed by atoms with van der Waals surface area (Å²) in [4.78, 5) is 15.3. The maximum atomic E-state index is 12.2. The molecule has 1 amide bonds. The van der Waals surface area contributed by atoms with Gasteiger partial charge in [0.05, 0.1) is 19.4 Å². The Kier molecular flexibility index (Phi) is 7.59. The van der Waals surface area contributed by atoms with Gasteiger partial charge in [0.1, 0.15) is 5.75 Å². The molecule has 0 aliphatic rings. The van der Waals surface area contributed by atoms with E-state index in [2.05, 4.69) is 15.3 Å². The molecule has 0 unspecified atom stereocenters. The average molecular weight is 330 g/mol. The topological polar surface area (TPSA) is 95.5 Å². The predicted octanol–water partition coefficient (Wildman–Crippen LogP) is 2.94. The summed E-state index contributed by atoms with van der Waals surface area (Å²) in [7, 11) is -2.18. The molecule has 9 heteroatoms. The Hall–Kier alpha value is -1.89. The normalized spacial score (nSPS) is 11.4. The van der Waals surface area contributed by atoms with E-state index in [0.29, 0.717) is 11.3 Å². The van der Waals surface area contributed by atoms with E-state index in [-0.39, 0.29) is 13.2 Å². The molecular weight excluding hydrogens is 311 g/mol. The van der Waals surface area contributed by atoms with Crippen LogP contribution in [0.4, 0.5) is 4.79 Å². The maximum Gasteiger partial charge on any atom is 0.530 e. The molecule has 0 radical (unpaired) electrons. The van der Waals surface area contributed by atoms with Crippen molar-refractivity contribution in [1.29, 1.82) is 0 Å². The number of nitrogens with zero attached hydrogens (tertiary/aromatic N) is 1. The maximum absolute atomic E-state index is 12.2. The number of amides is 1. The molecule has 8 nitrogen and oxygen atoms in total. The molecule has 0 spiro atoms. The Bertz CT molecular complexity index is 536. The molecule has 0 heterocycles. The van der Waals surface area contributed by atoms with E-state index in [1.807, 2.05) is 0 Å². The van der Waals surface area contributed by atoms with E-state index >= 15 is 0 Å². The second-order valence-corrected chi connectivity index (χ2v) is 5.40. The van der Waals surface area contributed by atoms with Crippen LogP contribution in [0, 0.1) is 0 Å². The quantitative estimate of drug-likeness (QED) is 0.341. The fourth-order valence-electron chi connectivity index (χ4n) is 1.33. The van der Waals surface area contributed by atoms with Gasteiger partial charge in [0.2, 0.25) is 0 Å². The van der Waals surface area contributed by atoms with Gasteiger partial charge in [0.15, 0.2) is 0 Å². The second-order valence-electron chi connectivity index (χ2n) is 3.81. The summed E-state index contributed by atoms with van der Waals surface area (Å²) in [5.74, 6) is 0.328. The van der Waals surface area contributed by atoms with Crippen LogP contribution < -0.4 is 9.84 Å². The molecular formula is C13H19N2O6P. The Morgan fingerprint density at radius 1 is 1.23 bits per heavy atom. The summed E-state index contributed by atoms with van der Waals surface area (Å²) < 4.78 is 27.5. The number of carbonyl (C=O) groups excluding carboxylic acids is 1. The summed E-state index contributed by atoms with van der Waals surface area (Å²) in [5.41, 5.74) is 0.666. The second kappa shape index (κ2) is 9.19. The van der Waals surface area contributed by atoms with Gasteiger partial charge in [-0.3, -0.25) is 13.9 Å². The summed E-state index contributed by atoms with van der Waals surface area (Å²) in [6.07, 6.45) is 0.689. The number of phosphoric ester groups is 1. The zero-order valence-corrected chi connectivity index (χ0v) is 13.5. The highest BCUT2D eigenvalue weighted by molar-refractivity contribution is 7.48. The van der Waals surface area contributed by atoms with Crippen molar-refractivity contribution >= 4 is 20.1 Å². The zero-order valence-electron chi connectivity index (χ0n) is 12.6. The lowest BCUT2D eigenvalue weighted by molar-refractivity contribution is 0.153. The van der Waals surface area contributed by atoms with Crippen LogP contribution in [-0.4, -0.2) is 32.6 Å². The summed E-state index contributed by atoms with van der Waals surface area (Å²) in [6, 6.07) is 6.44. The molecule has 0 saturated carbocycles. The average Bonchev–Trinajstić information content (AvgIpc) is 2.49. The molecule has 0 aliphatic heterocycles. The minimum atomic E-state index is -3.61. The van der Waals surface area contributed by atoms with E-state index in [1.54, 1.807) is 38.1 Å². The molecule has 1 aromatic carbocycles. The molecule has 0 saturated heterocycles. The van der Waals surface area contributed by atoms with Crippen LogP contribution in [0.3, 0.4) is 0 Å². The highest BCUT2D eigenvalue weighted by atomic mass is 31.2. The van der Waals surface area contributed by atoms with Crippen molar-refractivity contribution < 1.29 is 27.8 Å². The zero-order chi connectivity index (χ0) is 16.4. The number of phosphoric acid groups is 1. The third kappa shape index (κ3) is 6.26. The first-order chi connectivity index (χ1) is 10.5. The molecule has 0 fully saturated rings. The van der Waals surface area contributed by atoms with E-state index in [4.69, 9.17) is 13.6 Å². The fraction of sp³-hybridized carbons (Fsp3) is 0.385. The molecule has 22 heavy (non-hydrogen) atoms. The van der Waals surface area contributed by atoms with Crippen molar-refractivity contribution in [1.82, 2.24) is 5.32 Å². The fourth-order valence-corrected chi connectivity index (χ4v) is 2.52. The van der Waals surface area contributed by atoms with Gasteiger partial charge >= 0.3 is 13.9 Å². The Morgan fingerprint density at radius 3 is 2.32 bits per heavy atom. The van der Waals surface area contributed by atoms with Crippen LogP contribution >= 0.6 is 7.82 Å². The van der Waals surface area contributed by atoms with E-state index in [1.165, 1.54) is 13.3 Å². The first-order valence-corrected chi connectivity index (χ1v) is 8.10. The lowest BCUT2D eigenvalue weighted by Crippen LogP contribution is -2.16. The number of hydrogen-bond donors (Lipinski definition) is 1. The lowest BCUT2D eigenvalue weighted by Gasteiger charge is -2.16. The van der Waals surface area contributed by atoms with E-state index in [9.17, 15) is 9.36 Å². The number of carbonyl (C=O) groups is 1. The van der Waals surface area contributed by atoms with Crippen LogP contribution in [-0.2, 0) is 18.5 Å². The molecule has 1 rings (SSSR count). The summed E-state index contributed by atoms with van der Waals surface area (Å²) in [6.45, 7) is 3.81. The van der Waals surface area contributed by atoms with Gasteiger partial charge in [0.25, 0.3) is 0 Å². The third-order valence-corrected chi connectivity index (χ3v) is 3.80. The minimum absolute atomic E-state index is 0.207. The highest BCUT2D eigenvalue weighted by Gasteiger charge is 2.27. The minimum Gasteiger partial charge on any atom is -0.404 e. The SMILES string of the molecule is CCOP(=O)(OCC)Oc1ccc(/C=N/OC(=O)NC)cc1. The van der Waals surface area contributed by atoms with Crippen molar-refractivity contribution in [2.45, 2.75) is 13.8 Å². The van der Waals surface area contributed by atoms with Crippen molar-refractivity contribution in [2.24, 2.45) is 5.16 Å². The van der Waals surface area contributed by atoms with Crippen molar-refractivity contribution in [3.05, 3.63) is 29.8 Å².